The highest BCUT2D eigenvalue weighted by Crippen LogP contribution is 2.23. The van der Waals surface area contributed by atoms with Gasteiger partial charge in [-0.15, -0.1) is 0 Å². The minimum atomic E-state index is -4.26. The van der Waals surface area contributed by atoms with Crippen molar-refractivity contribution in [3.63, 3.8) is 0 Å². The molecule has 0 aliphatic carbocycles. The summed E-state index contributed by atoms with van der Waals surface area (Å²) in [6, 6.07) is 4.83. The van der Waals surface area contributed by atoms with Crippen LogP contribution in [0.15, 0.2) is 41.3 Å². The highest BCUT2D eigenvalue weighted by atomic mass is 32.2. The van der Waals surface area contributed by atoms with Crippen LogP contribution in [0.25, 0.3) is 0 Å². The van der Waals surface area contributed by atoms with Gasteiger partial charge in [-0.2, -0.15) is 4.31 Å². The molecule has 0 radical (unpaired) electrons. The fourth-order valence-corrected chi connectivity index (χ4v) is 3.63. The number of hydrogen-bond donors (Lipinski definition) is 0. The second kappa shape index (κ2) is 8.24. The van der Waals surface area contributed by atoms with Crippen molar-refractivity contribution in [2.45, 2.75) is 24.7 Å². The van der Waals surface area contributed by atoms with E-state index in [1.54, 1.807) is 0 Å². The van der Waals surface area contributed by atoms with Gasteiger partial charge in [0.05, 0.1) is 23.7 Å². The van der Waals surface area contributed by atoms with Crippen LogP contribution in [0.1, 0.15) is 30.1 Å². The maximum Gasteiger partial charge on any atom is 0.338 e. The van der Waals surface area contributed by atoms with Crippen molar-refractivity contribution < 1.29 is 32.3 Å². The average molecular weight is 381 g/mol. The predicted octanol–water partition coefficient (Wildman–Crippen LogP) is 1.27. The number of imide groups is 1. The van der Waals surface area contributed by atoms with Crippen molar-refractivity contribution >= 4 is 27.8 Å². The highest BCUT2D eigenvalue weighted by Gasteiger charge is 2.39. The maximum absolute atomic E-state index is 12.4. The van der Waals surface area contributed by atoms with Gasteiger partial charge in [0, 0.05) is 12.8 Å². The van der Waals surface area contributed by atoms with Gasteiger partial charge in [0.25, 0.3) is 10.0 Å². The van der Waals surface area contributed by atoms with E-state index in [0.29, 0.717) is 6.61 Å². The van der Waals surface area contributed by atoms with Crippen LogP contribution in [-0.2, 0) is 29.1 Å². The second-order valence-corrected chi connectivity index (χ2v) is 7.51. The van der Waals surface area contributed by atoms with Crippen molar-refractivity contribution in [3.8, 4) is 0 Å². The number of benzene rings is 1. The molecule has 0 bridgehead atoms. The van der Waals surface area contributed by atoms with Gasteiger partial charge in [0.15, 0.2) is 0 Å². The maximum atomic E-state index is 12.4. The zero-order chi connectivity index (χ0) is 19.3. The molecule has 26 heavy (non-hydrogen) atoms. The molecule has 1 aliphatic rings. The summed E-state index contributed by atoms with van der Waals surface area (Å²) in [7, 11) is -4.26. The van der Waals surface area contributed by atoms with E-state index in [2.05, 4.69) is 6.58 Å². The van der Waals surface area contributed by atoms with E-state index < -0.39 is 27.8 Å². The smallest absolute Gasteiger partial charge is 0.338 e. The Bertz CT molecular complexity index is 811. The van der Waals surface area contributed by atoms with Gasteiger partial charge in [0.2, 0.25) is 11.8 Å². The van der Waals surface area contributed by atoms with Crippen LogP contribution >= 0.6 is 0 Å². The van der Waals surface area contributed by atoms with Gasteiger partial charge in [-0.1, -0.05) is 12.2 Å². The van der Waals surface area contributed by atoms with E-state index in [0.717, 1.165) is 17.7 Å². The Morgan fingerprint density at radius 2 is 1.69 bits per heavy atom. The summed E-state index contributed by atoms with van der Waals surface area (Å²) in [6.45, 7) is 6.11. The van der Waals surface area contributed by atoms with Crippen LogP contribution in [-0.4, -0.2) is 50.3 Å². The van der Waals surface area contributed by atoms with Gasteiger partial charge >= 0.3 is 5.97 Å². The number of hydrogen-bond acceptors (Lipinski definition) is 7. The summed E-state index contributed by atoms with van der Waals surface area (Å²) in [5.74, 6) is -2.15. The van der Waals surface area contributed by atoms with E-state index >= 15 is 0 Å². The number of carbonyl (C=O) groups is 3. The van der Waals surface area contributed by atoms with E-state index in [1.807, 2.05) is 6.92 Å². The summed E-state index contributed by atoms with van der Waals surface area (Å²) >= 11 is 0. The Morgan fingerprint density at radius 1 is 1.12 bits per heavy atom. The van der Waals surface area contributed by atoms with Crippen LogP contribution in [0.5, 0.6) is 0 Å². The lowest BCUT2D eigenvalue weighted by atomic mass is 10.2. The van der Waals surface area contributed by atoms with Gasteiger partial charge in [-0.25, -0.2) is 13.2 Å². The first-order valence-electron chi connectivity index (χ1n) is 7.84. The molecule has 0 unspecified atom stereocenters. The van der Waals surface area contributed by atoms with Crippen molar-refractivity contribution in [2.24, 2.45) is 0 Å². The molecule has 9 heteroatoms. The number of carbonyl (C=O) groups excluding carboxylic acids is 3. The van der Waals surface area contributed by atoms with Crippen LogP contribution in [0.2, 0.25) is 0 Å². The molecule has 0 saturated carbocycles. The quantitative estimate of drug-likeness (QED) is 0.289. The van der Waals surface area contributed by atoms with Gasteiger partial charge in [0.1, 0.15) is 6.61 Å². The van der Waals surface area contributed by atoms with Crippen LogP contribution in [0, 0.1) is 0 Å². The number of sulfonamides is 1. The third-order valence-corrected chi connectivity index (χ3v) is 5.20. The number of amides is 2. The SMILES string of the molecule is C=C(C)COCCOC(=O)c1ccc(S(=O)(=O)N2C(=O)CCC2=O)cc1. The monoisotopic (exact) mass is 381 g/mol. The Morgan fingerprint density at radius 3 is 2.23 bits per heavy atom. The van der Waals surface area contributed by atoms with Gasteiger partial charge in [-0.05, 0) is 31.2 Å². The third kappa shape index (κ3) is 4.55. The van der Waals surface area contributed by atoms with E-state index in [1.165, 1.54) is 12.1 Å². The molecule has 0 spiro atoms. The lowest BCUT2D eigenvalue weighted by Gasteiger charge is -2.14. The predicted molar refractivity (Wildman–Crippen MR) is 90.6 cm³/mol. The van der Waals surface area contributed by atoms with Crippen molar-refractivity contribution in [1.29, 1.82) is 0 Å². The number of rotatable bonds is 8. The molecule has 0 atom stereocenters. The minimum absolute atomic E-state index is 0.0446. The summed E-state index contributed by atoms with van der Waals surface area (Å²) in [5, 5.41) is 0. The Hall–Kier alpha value is -2.52. The summed E-state index contributed by atoms with van der Waals surface area (Å²) in [5.41, 5.74) is 0.992. The highest BCUT2D eigenvalue weighted by molar-refractivity contribution is 7.90. The number of nitrogens with zero attached hydrogens (tertiary/aromatic N) is 1. The fraction of sp³-hybridized carbons (Fsp3) is 0.353. The van der Waals surface area contributed by atoms with Gasteiger partial charge in [-0.3, -0.25) is 9.59 Å². The molecule has 2 rings (SSSR count). The molecule has 8 nitrogen and oxygen atoms in total. The van der Waals surface area contributed by atoms with Crippen LogP contribution < -0.4 is 0 Å². The Kier molecular flexibility index (Phi) is 6.27. The number of esters is 1. The molecular formula is C17H19NO7S. The molecule has 1 heterocycles. The van der Waals surface area contributed by atoms with Crippen molar-refractivity contribution in [1.82, 2.24) is 4.31 Å². The van der Waals surface area contributed by atoms with E-state index in [9.17, 15) is 22.8 Å². The molecule has 1 aliphatic heterocycles. The average Bonchev–Trinajstić information content (AvgIpc) is 2.93. The number of ether oxygens (including phenoxy) is 2. The lowest BCUT2D eigenvalue weighted by molar-refractivity contribution is -0.132. The van der Waals surface area contributed by atoms with E-state index in [4.69, 9.17) is 9.47 Å². The molecular weight excluding hydrogens is 362 g/mol. The molecule has 2 amide bonds. The molecule has 1 aromatic rings. The van der Waals surface area contributed by atoms with Crippen LogP contribution in [0.4, 0.5) is 0 Å². The first-order chi connectivity index (χ1) is 12.2. The first-order valence-corrected chi connectivity index (χ1v) is 9.28. The summed E-state index contributed by atoms with van der Waals surface area (Å²) < 4.78 is 35.2. The largest absolute Gasteiger partial charge is 0.460 e. The first kappa shape index (κ1) is 19.8. The molecule has 1 fully saturated rings. The minimum Gasteiger partial charge on any atom is -0.460 e. The molecule has 140 valence electrons. The molecule has 0 N–H and O–H groups in total. The Balaban J connectivity index is 1.99. The molecule has 1 saturated heterocycles. The van der Waals surface area contributed by atoms with Gasteiger partial charge < -0.3 is 9.47 Å². The fourth-order valence-electron chi connectivity index (χ4n) is 2.22. The summed E-state index contributed by atoms with van der Waals surface area (Å²) in [4.78, 5) is 34.9. The lowest BCUT2D eigenvalue weighted by Crippen LogP contribution is -2.35. The normalized spacial score (nSPS) is 14.6. The molecule has 1 aromatic carbocycles. The second-order valence-electron chi connectivity index (χ2n) is 5.73. The standard InChI is InChI=1S/C17H19NO7S/c1-12(2)11-24-9-10-25-17(21)13-3-5-14(6-4-13)26(22,23)18-15(19)7-8-16(18)20/h3-6H,1,7-11H2,2H3. The zero-order valence-electron chi connectivity index (χ0n) is 14.3. The van der Waals surface area contributed by atoms with Crippen molar-refractivity contribution in [2.75, 3.05) is 19.8 Å². The zero-order valence-corrected chi connectivity index (χ0v) is 15.1. The van der Waals surface area contributed by atoms with Crippen LogP contribution in [0.3, 0.4) is 0 Å². The Labute approximate surface area is 151 Å². The third-order valence-electron chi connectivity index (χ3n) is 3.44. The molecule has 0 aromatic heterocycles. The topological polar surface area (TPSA) is 107 Å². The summed E-state index contributed by atoms with van der Waals surface area (Å²) in [6.07, 6.45) is -0.258. The van der Waals surface area contributed by atoms with Crippen molar-refractivity contribution in [3.05, 3.63) is 42.0 Å². The van der Waals surface area contributed by atoms with E-state index in [-0.39, 0.29) is 40.8 Å².